The Morgan fingerprint density at radius 1 is 1.10 bits per heavy atom. The molecule has 0 aliphatic carbocycles. The first-order valence-corrected chi connectivity index (χ1v) is 9.05. The van der Waals surface area contributed by atoms with Crippen LogP contribution in [0.15, 0.2) is 53.5 Å². The van der Waals surface area contributed by atoms with Gasteiger partial charge in [-0.1, -0.05) is 24.3 Å². The Labute approximate surface area is 195 Å². The second-order valence-electron chi connectivity index (χ2n) is 6.07. The minimum Gasteiger partial charge on any atom is -0.492 e. The number of nitrogens with zero attached hydrogens (tertiary/aromatic N) is 1. The highest BCUT2D eigenvalue weighted by molar-refractivity contribution is 14.0. The zero-order chi connectivity index (χ0) is 22.0. The molecule has 0 atom stereocenters. The van der Waals surface area contributed by atoms with Gasteiger partial charge >= 0.3 is 6.36 Å². The Hall–Kier alpha value is -2.70. The van der Waals surface area contributed by atoms with Crippen LogP contribution in [0, 0.1) is 0 Å². The normalized spacial score (nSPS) is 11.2. The van der Waals surface area contributed by atoms with Crippen molar-refractivity contribution in [3.8, 4) is 11.5 Å². The quantitative estimate of drug-likeness (QED) is 0.200. The SMILES string of the molecule is CN=C(NCCOc1cccc(NC(C)=O)c1)NCc1ccccc1OC(F)(F)F.I. The summed E-state index contributed by atoms with van der Waals surface area (Å²) >= 11 is 0. The van der Waals surface area contributed by atoms with E-state index in [2.05, 4.69) is 25.7 Å². The molecule has 0 saturated heterocycles. The Morgan fingerprint density at radius 3 is 2.52 bits per heavy atom. The van der Waals surface area contributed by atoms with Gasteiger partial charge in [0.05, 0.1) is 6.54 Å². The van der Waals surface area contributed by atoms with Crippen molar-refractivity contribution in [3.63, 3.8) is 0 Å². The predicted octanol–water partition coefficient (Wildman–Crippen LogP) is 3.91. The summed E-state index contributed by atoms with van der Waals surface area (Å²) in [6.07, 6.45) is -4.76. The Bertz CT molecular complexity index is 879. The van der Waals surface area contributed by atoms with E-state index in [0.29, 0.717) is 36.1 Å². The topological polar surface area (TPSA) is 84.0 Å². The zero-order valence-corrected chi connectivity index (χ0v) is 19.3. The van der Waals surface area contributed by atoms with E-state index in [1.54, 1.807) is 37.4 Å². The van der Waals surface area contributed by atoms with Crippen molar-refractivity contribution in [3.05, 3.63) is 54.1 Å². The Morgan fingerprint density at radius 2 is 1.84 bits per heavy atom. The summed E-state index contributed by atoms with van der Waals surface area (Å²) in [5, 5.41) is 8.60. The van der Waals surface area contributed by atoms with Crippen LogP contribution in [-0.4, -0.2) is 38.4 Å². The molecule has 0 heterocycles. The van der Waals surface area contributed by atoms with E-state index < -0.39 is 6.36 Å². The van der Waals surface area contributed by atoms with Gasteiger partial charge in [0.1, 0.15) is 18.1 Å². The molecular formula is C20H24F3IN4O3. The molecule has 7 nitrogen and oxygen atoms in total. The van der Waals surface area contributed by atoms with Crippen LogP contribution in [0.5, 0.6) is 11.5 Å². The van der Waals surface area contributed by atoms with Crippen LogP contribution < -0.4 is 25.4 Å². The number of carbonyl (C=O) groups excluding carboxylic acids is 1. The lowest BCUT2D eigenvalue weighted by molar-refractivity contribution is -0.274. The molecule has 0 aliphatic rings. The van der Waals surface area contributed by atoms with E-state index >= 15 is 0 Å². The fourth-order valence-corrected chi connectivity index (χ4v) is 2.48. The molecule has 170 valence electrons. The molecule has 1 amide bonds. The number of anilines is 1. The maximum absolute atomic E-state index is 12.5. The summed E-state index contributed by atoms with van der Waals surface area (Å²) in [6, 6.07) is 12.8. The molecule has 2 rings (SSSR count). The first-order chi connectivity index (χ1) is 14.3. The summed E-state index contributed by atoms with van der Waals surface area (Å²) in [4.78, 5) is 15.1. The summed E-state index contributed by atoms with van der Waals surface area (Å²) in [5.74, 6) is 0.540. The molecule has 2 aromatic rings. The third-order valence-electron chi connectivity index (χ3n) is 3.69. The molecule has 0 bridgehead atoms. The molecule has 0 spiro atoms. The van der Waals surface area contributed by atoms with Gasteiger partial charge in [-0.15, -0.1) is 37.1 Å². The smallest absolute Gasteiger partial charge is 0.492 e. The molecule has 0 fully saturated rings. The van der Waals surface area contributed by atoms with Crippen LogP contribution >= 0.6 is 24.0 Å². The lowest BCUT2D eigenvalue weighted by Crippen LogP contribution is -2.39. The first kappa shape index (κ1) is 26.3. The van der Waals surface area contributed by atoms with Crippen molar-refractivity contribution >= 4 is 41.5 Å². The molecular weight excluding hydrogens is 528 g/mol. The Balaban J connectivity index is 0.00000480. The van der Waals surface area contributed by atoms with Gasteiger partial charge in [-0.2, -0.15) is 0 Å². The third kappa shape index (κ3) is 10.2. The second kappa shape index (κ2) is 12.9. The number of rotatable bonds is 8. The van der Waals surface area contributed by atoms with E-state index in [-0.39, 0.29) is 42.2 Å². The summed E-state index contributed by atoms with van der Waals surface area (Å²) in [5.41, 5.74) is 0.967. The first-order valence-electron chi connectivity index (χ1n) is 9.05. The number of benzene rings is 2. The number of hydrogen-bond donors (Lipinski definition) is 3. The fraction of sp³-hybridized carbons (Fsp3) is 0.300. The molecule has 2 aromatic carbocycles. The van der Waals surface area contributed by atoms with Crippen molar-refractivity contribution in [2.45, 2.75) is 19.8 Å². The van der Waals surface area contributed by atoms with Gasteiger partial charge in [0, 0.05) is 37.8 Å². The highest BCUT2D eigenvalue weighted by atomic mass is 127. The van der Waals surface area contributed by atoms with Gasteiger partial charge in [-0.05, 0) is 18.2 Å². The van der Waals surface area contributed by atoms with Crippen molar-refractivity contribution in [2.75, 3.05) is 25.5 Å². The van der Waals surface area contributed by atoms with Crippen LogP contribution in [0.3, 0.4) is 0 Å². The Kier molecular flexibility index (Phi) is 10.9. The number of aliphatic imine (C=N–C) groups is 1. The van der Waals surface area contributed by atoms with Crippen molar-refractivity contribution in [1.82, 2.24) is 10.6 Å². The zero-order valence-electron chi connectivity index (χ0n) is 17.0. The average Bonchev–Trinajstić information content (AvgIpc) is 2.67. The van der Waals surface area contributed by atoms with Gasteiger partial charge in [0.25, 0.3) is 0 Å². The number of amides is 1. The van der Waals surface area contributed by atoms with Crippen LogP contribution in [0.4, 0.5) is 18.9 Å². The maximum Gasteiger partial charge on any atom is 0.573 e. The summed E-state index contributed by atoms with van der Waals surface area (Å²) in [7, 11) is 1.55. The van der Waals surface area contributed by atoms with Crippen LogP contribution in [-0.2, 0) is 11.3 Å². The number of para-hydroxylation sites is 1. The van der Waals surface area contributed by atoms with E-state index in [1.165, 1.54) is 25.1 Å². The van der Waals surface area contributed by atoms with E-state index in [4.69, 9.17) is 4.74 Å². The summed E-state index contributed by atoms with van der Waals surface area (Å²) < 4.78 is 47.2. The van der Waals surface area contributed by atoms with E-state index in [1.807, 2.05) is 0 Å². The van der Waals surface area contributed by atoms with Crippen LogP contribution in [0.25, 0.3) is 0 Å². The van der Waals surface area contributed by atoms with Crippen LogP contribution in [0.1, 0.15) is 12.5 Å². The van der Waals surface area contributed by atoms with Crippen molar-refractivity contribution in [1.29, 1.82) is 0 Å². The largest absolute Gasteiger partial charge is 0.573 e. The van der Waals surface area contributed by atoms with Gasteiger partial charge in [0.2, 0.25) is 5.91 Å². The van der Waals surface area contributed by atoms with Gasteiger partial charge in [-0.3, -0.25) is 9.79 Å². The lowest BCUT2D eigenvalue weighted by atomic mass is 10.2. The van der Waals surface area contributed by atoms with E-state index in [9.17, 15) is 18.0 Å². The van der Waals surface area contributed by atoms with Gasteiger partial charge < -0.3 is 25.4 Å². The highest BCUT2D eigenvalue weighted by Gasteiger charge is 2.31. The number of ether oxygens (including phenoxy) is 2. The number of guanidine groups is 1. The molecule has 0 saturated carbocycles. The maximum atomic E-state index is 12.5. The number of halogens is 4. The molecule has 3 N–H and O–H groups in total. The summed E-state index contributed by atoms with van der Waals surface area (Å²) in [6.45, 7) is 2.21. The highest BCUT2D eigenvalue weighted by Crippen LogP contribution is 2.26. The molecule has 0 unspecified atom stereocenters. The van der Waals surface area contributed by atoms with Gasteiger partial charge in [0.15, 0.2) is 5.96 Å². The molecule has 0 aliphatic heterocycles. The molecule has 0 radical (unpaired) electrons. The number of hydrogen-bond acceptors (Lipinski definition) is 4. The number of nitrogens with one attached hydrogen (secondary N) is 3. The van der Waals surface area contributed by atoms with Crippen molar-refractivity contribution < 1.29 is 27.4 Å². The molecule has 11 heteroatoms. The number of carbonyl (C=O) groups is 1. The monoisotopic (exact) mass is 552 g/mol. The van der Waals surface area contributed by atoms with Crippen LogP contribution in [0.2, 0.25) is 0 Å². The minimum atomic E-state index is -4.76. The molecule has 31 heavy (non-hydrogen) atoms. The molecule has 0 aromatic heterocycles. The van der Waals surface area contributed by atoms with Gasteiger partial charge in [-0.25, -0.2) is 0 Å². The minimum absolute atomic E-state index is 0. The predicted molar refractivity (Wildman–Crippen MR) is 123 cm³/mol. The second-order valence-corrected chi connectivity index (χ2v) is 6.07. The lowest BCUT2D eigenvalue weighted by Gasteiger charge is -2.16. The third-order valence-corrected chi connectivity index (χ3v) is 3.69. The van der Waals surface area contributed by atoms with E-state index in [0.717, 1.165) is 0 Å². The van der Waals surface area contributed by atoms with Crippen molar-refractivity contribution in [2.24, 2.45) is 4.99 Å². The standard InChI is InChI=1S/C20H23F3N4O3.HI/c1-14(28)27-16-7-5-8-17(12-16)29-11-10-25-19(24-2)26-13-15-6-3-4-9-18(15)30-20(21,22)23;/h3-9,12H,10-11,13H2,1-2H3,(H,27,28)(H2,24,25,26);1H. The number of alkyl halides is 3. The fourth-order valence-electron chi connectivity index (χ4n) is 2.48. The average molecular weight is 552 g/mol.